The van der Waals surface area contributed by atoms with E-state index in [1.807, 2.05) is 30.3 Å². The summed E-state index contributed by atoms with van der Waals surface area (Å²) < 4.78 is 17.2. The van der Waals surface area contributed by atoms with Crippen LogP contribution in [0.3, 0.4) is 0 Å². The highest BCUT2D eigenvalue weighted by Crippen LogP contribution is 2.47. The van der Waals surface area contributed by atoms with Crippen molar-refractivity contribution in [2.75, 3.05) is 13.2 Å². The summed E-state index contributed by atoms with van der Waals surface area (Å²) in [7, 11) is 0. The predicted octanol–water partition coefficient (Wildman–Crippen LogP) is 5.31. The topological polar surface area (TPSA) is 68.9 Å². The second kappa shape index (κ2) is 9.80. The van der Waals surface area contributed by atoms with Crippen LogP contribution in [-0.4, -0.2) is 24.6 Å². The zero-order valence-corrected chi connectivity index (χ0v) is 17.7. The maximum absolute atomic E-state index is 13.0. The molecule has 1 saturated heterocycles. The summed E-state index contributed by atoms with van der Waals surface area (Å²) in [6, 6.07) is 11.6. The van der Waals surface area contributed by atoms with Gasteiger partial charge in [0, 0.05) is 24.5 Å². The van der Waals surface area contributed by atoms with Gasteiger partial charge in [-0.3, -0.25) is 0 Å². The first-order valence-electron chi connectivity index (χ1n) is 11.3. The van der Waals surface area contributed by atoms with Gasteiger partial charge < -0.3 is 19.0 Å². The van der Waals surface area contributed by atoms with Crippen LogP contribution in [0, 0.1) is 5.92 Å². The Morgan fingerprint density at radius 3 is 2.60 bits per heavy atom. The van der Waals surface area contributed by atoms with E-state index >= 15 is 0 Å². The number of aromatic hydroxyl groups is 1. The Morgan fingerprint density at radius 1 is 1.17 bits per heavy atom. The lowest BCUT2D eigenvalue weighted by Crippen LogP contribution is -2.23. The van der Waals surface area contributed by atoms with Gasteiger partial charge in [-0.15, -0.1) is 0 Å². The van der Waals surface area contributed by atoms with Gasteiger partial charge >= 0.3 is 5.63 Å². The molecule has 1 aliphatic heterocycles. The fourth-order valence-corrected chi connectivity index (χ4v) is 4.49. The summed E-state index contributed by atoms with van der Waals surface area (Å²) in [6.07, 6.45) is 6.71. The molecule has 1 aromatic carbocycles. The van der Waals surface area contributed by atoms with Gasteiger partial charge in [0.25, 0.3) is 0 Å². The van der Waals surface area contributed by atoms with E-state index in [9.17, 15) is 9.90 Å². The Morgan fingerprint density at radius 2 is 1.97 bits per heavy atom. The van der Waals surface area contributed by atoms with E-state index in [0.717, 1.165) is 57.1 Å². The number of hydrogen-bond acceptors (Lipinski definition) is 5. The van der Waals surface area contributed by atoms with Crippen molar-refractivity contribution < 1.29 is 19.0 Å². The standard InChI is InChI=1S/C25H32O5/c1-2-17(13-15-29-22-10-6-7-14-28-22)21-16-20(26)24(25(27)30-21)23(19-11-12-19)18-8-4-3-5-9-18/h3-5,8-9,16-17,19,22-23,26H,2,6-7,10-15H2,1H3. The minimum absolute atomic E-state index is 0.0253. The summed E-state index contributed by atoms with van der Waals surface area (Å²) in [5.74, 6) is 0.898. The van der Waals surface area contributed by atoms with Crippen LogP contribution in [0.1, 0.15) is 80.6 Å². The molecule has 0 bridgehead atoms. The molecule has 5 heteroatoms. The first kappa shape index (κ1) is 21.1. The third kappa shape index (κ3) is 4.96. The SMILES string of the molecule is CCC(CCOC1CCCCO1)c1cc(O)c(C(c2ccccc2)C2CC2)c(=O)o1. The van der Waals surface area contributed by atoms with E-state index in [1.165, 1.54) is 0 Å². The monoisotopic (exact) mass is 412 g/mol. The molecule has 2 fully saturated rings. The quantitative estimate of drug-likeness (QED) is 0.604. The average Bonchev–Trinajstić information content (AvgIpc) is 3.60. The highest BCUT2D eigenvalue weighted by molar-refractivity contribution is 5.41. The second-order valence-electron chi connectivity index (χ2n) is 8.52. The molecule has 2 aliphatic rings. The molecule has 1 aromatic heterocycles. The van der Waals surface area contributed by atoms with Crippen LogP contribution < -0.4 is 5.63 Å². The fraction of sp³-hybridized carbons (Fsp3) is 0.560. The summed E-state index contributed by atoms with van der Waals surface area (Å²) in [4.78, 5) is 13.0. The van der Waals surface area contributed by atoms with Gasteiger partial charge in [0.2, 0.25) is 0 Å². The number of benzene rings is 1. The molecule has 4 rings (SSSR count). The molecule has 3 unspecified atom stereocenters. The van der Waals surface area contributed by atoms with E-state index in [1.54, 1.807) is 6.07 Å². The van der Waals surface area contributed by atoms with Gasteiger partial charge in [-0.25, -0.2) is 4.79 Å². The van der Waals surface area contributed by atoms with Crippen LogP contribution >= 0.6 is 0 Å². The summed E-state index contributed by atoms with van der Waals surface area (Å²) in [6.45, 7) is 3.36. The molecule has 3 atom stereocenters. The average molecular weight is 413 g/mol. The molecular formula is C25H32O5. The first-order chi connectivity index (χ1) is 14.7. The third-order valence-corrected chi connectivity index (χ3v) is 6.35. The third-order valence-electron chi connectivity index (χ3n) is 6.35. The van der Waals surface area contributed by atoms with Crippen molar-refractivity contribution in [2.45, 2.75) is 70.0 Å². The molecule has 2 aromatic rings. The van der Waals surface area contributed by atoms with Crippen molar-refractivity contribution in [1.29, 1.82) is 0 Å². The largest absolute Gasteiger partial charge is 0.507 e. The van der Waals surface area contributed by atoms with Gasteiger partial charge in [-0.2, -0.15) is 0 Å². The molecule has 1 aliphatic carbocycles. The Bertz CT molecular complexity index is 865. The molecule has 162 valence electrons. The lowest BCUT2D eigenvalue weighted by molar-refractivity contribution is -0.163. The molecule has 30 heavy (non-hydrogen) atoms. The zero-order valence-electron chi connectivity index (χ0n) is 17.7. The minimum Gasteiger partial charge on any atom is -0.507 e. The van der Waals surface area contributed by atoms with Gasteiger partial charge in [-0.05, 0) is 56.4 Å². The normalized spacial score (nSPS) is 21.3. The zero-order chi connectivity index (χ0) is 20.9. The van der Waals surface area contributed by atoms with Crippen LogP contribution in [0.5, 0.6) is 5.75 Å². The van der Waals surface area contributed by atoms with Crippen LogP contribution in [-0.2, 0) is 9.47 Å². The Hall–Kier alpha value is -2.11. The highest BCUT2D eigenvalue weighted by Gasteiger charge is 2.37. The Labute approximate surface area is 178 Å². The van der Waals surface area contributed by atoms with E-state index in [-0.39, 0.29) is 23.9 Å². The predicted molar refractivity (Wildman–Crippen MR) is 115 cm³/mol. The van der Waals surface area contributed by atoms with E-state index in [0.29, 0.717) is 23.8 Å². The van der Waals surface area contributed by atoms with Crippen molar-refractivity contribution in [1.82, 2.24) is 0 Å². The molecular weight excluding hydrogens is 380 g/mol. The molecule has 0 spiro atoms. The van der Waals surface area contributed by atoms with Crippen LogP contribution in [0.25, 0.3) is 0 Å². The van der Waals surface area contributed by atoms with Crippen LogP contribution in [0.2, 0.25) is 0 Å². The van der Waals surface area contributed by atoms with Crippen molar-refractivity contribution in [3.63, 3.8) is 0 Å². The maximum Gasteiger partial charge on any atom is 0.343 e. The number of hydrogen-bond donors (Lipinski definition) is 1. The van der Waals surface area contributed by atoms with Gasteiger partial charge in [0.1, 0.15) is 11.5 Å². The molecule has 0 amide bonds. The van der Waals surface area contributed by atoms with Crippen molar-refractivity contribution >= 4 is 0 Å². The van der Waals surface area contributed by atoms with E-state index in [4.69, 9.17) is 13.9 Å². The van der Waals surface area contributed by atoms with Gasteiger partial charge in [0.15, 0.2) is 6.29 Å². The molecule has 2 heterocycles. The molecule has 1 saturated carbocycles. The highest BCUT2D eigenvalue weighted by atomic mass is 16.7. The lowest BCUT2D eigenvalue weighted by atomic mass is 9.87. The van der Waals surface area contributed by atoms with Crippen molar-refractivity contribution in [3.05, 3.63) is 63.7 Å². The lowest BCUT2D eigenvalue weighted by Gasteiger charge is -2.24. The van der Waals surface area contributed by atoms with Crippen LogP contribution in [0.4, 0.5) is 0 Å². The summed E-state index contributed by atoms with van der Waals surface area (Å²) in [5.41, 5.74) is 1.04. The molecule has 0 radical (unpaired) electrons. The van der Waals surface area contributed by atoms with Gasteiger partial charge in [0.05, 0.1) is 12.2 Å². The fourth-order valence-electron chi connectivity index (χ4n) is 4.49. The Kier molecular flexibility index (Phi) is 6.90. The minimum atomic E-state index is -0.416. The van der Waals surface area contributed by atoms with Crippen molar-refractivity contribution in [2.24, 2.45) is 5.92 Å². The van der Waals surface area contributed by atoms with Crippen LogP contribution in [0.15, 0.2) is 45.6 Å². The van der Waals surface area contributed by atoms with E-state index < -0.39 is 5.63 Å². The number of rotatable bonds is 9. The first-order valence-corrected chi connectivity index (χ1v) is 11.3. The second-order valence-corrected chi connectivity index (χ2v) is 8.52. The maximum atomic E-state index is 13.0. The Balaban J connectivity index is 1.50. The molecule has 5 nitrogen and oxygen atoms in total. The smallest absolute Gasteiger partial charge is 0.343 e. The van der Waals surface area contributed by atoms with E-state index in [2.05, 4.69) is 6.92 Å². The van der Waals surface area contributed by atoms with Gasteiger partial charge in [-0.1, -0.05) is 37.3 Å². The molecule has 1 N–H and O–H groups in total. The van der Waals surface area contributed by atoms with Crippen molar-refractivity contribution in [3.8, 4) is 5.75 Å². The summed E-state index contributed by atoms with van der Waals surface area (Å²) >= 11 is 0. The summed E-state index contributed by atoms with van der Waals surface area (Å²) in [5, 5.41) is 10.8. The number of ether oxygens (including phenoxy) is 2.